The Bertz CT molecular complexity index is 1210. The fourth-order valence-electron chi connectivity index (χ4n) is 4.18. The number of aromatic nitrogens is 3. The van der Waals surface area contributed by atoms with Crippen molar-refractivity contribution in [2.45, 2.75) is 33.2 Å². The predicted molar refractivity (Wildman–Crippen MR) is 131 cm³/mol. The molecule has 0 spiro atoms. The molecule has 9 nitrogen and oxygen atoms in total. The summed E-state index contributed by atoms with van der Waals surface area (Å²) >= 11 is 0. The van der Waals surface area contributed by atoms with E-state index in [-0.39, 0.29) is 29.6 Å². The van der Waals surface area contributed by atoms with Crippen LogP contribution in [0.25, 0.3) is 22.6 Å². The minimum Gasteiger partial charge on any atom is -0.497 e. The van der Waals surface area contributed by atoms with Crippen LogP contribution >= 0.6 is 0 Å². The Morgan fingerprint density at radius 1 is 1.17 bits per heavy atom. The topological polar surface area (TPSA) is 99.7 Å². The first-order chi connectivity index (χ1) is 16.9. The zero-order valence-corrected chi connectivity index (χ0v) is 20.5. The van der Waals surface area contributed by atoms with Crippen LogP contribution < -0.4 is 10.3 Å². The molecule has 0 N–H and O–H groups in total. The van der Waals surface area contributed by atoms with Crippen molar-refractivity contribution in [1.82, 2.24) is 19.6 Å². The van der Waals surface area contributed by atoms with Crippen molar-refractivity contribution >= 4 is 5.78 Å². The Morgan fingerprint density at radius 3 is 2.71 bits per heavy atom. The van der Waals surface area contributed by atoms with Crippen molar-refractivity contribution in [2.75, 3.05) is 40.0 Å². The standard InChI is InChI=1S/C26H32N4O5/c1-18(2)15-20(31)17-30-23(19-5-4-6-21(16-19)33-3)8-7-22(26(30)32)25-27-24(35-28-25)9-10-29-11-13-34-14-12-29/h4-8,16,18H,9-15,17H2,1-3H3. The second-order valence-corrected chi connectivity index (χ2v) is 9.11. The van der Waals surface area contributed by atoms with Gasteiger partial charge < -0.3 is 18.6 Å². The van der Waals surface area contributed by atoms with Crippen LogP contribution in [0.2, 0.25) is 0 Å². The molecule has 9 heteroatoms. The van der Waals surface area contributed by atoms with Crippen LogP contribution in [0.5, 0.6) is 5.75 Å². The molecule has 1 aromatic carbocycles. The van der Waals surface area contributed by atoms with Crippen LogP contribution in [0.15, 0.2) is 45.7 Å². The van der Waals surface area contributed by atoms with Gasteiger partial charge in [-0.05, 0) is 30.2 Å². The largest absolute Gasteiger partial charge is 0.497 e. The van der Waals surface area contributed by atoms with E-state index < -0.39 is 0 Å². The van der Waals surface area contributed by atoms with Crippen molar-refractivity contribution in [3.05, 3.63) is 52.6 Å². The summed E-state index contributed by atoms with van der Waals surface area (Å²) in [6.07, 6.45) is 0.984. The van der Waals surface area contributed by atoms with Crippen LogP contribution in [0, 0.1) is 5.92 Å². The highest BCUT2D eigenvalue weighted by Crippen LogP contribution is 2.25. The Morgan fingerprint density at radius 2 is 1.97 bits per heavy atom. The molecule has 0 radical (unpaired) electrons. The van der Waals surface area contributed by atoms with Gasteiger partial charge in [0.1, 0.15) is 5.75 Å². The first-order valence-corrected chi connectivity index (χ1v) is 12.0. The van der Waals surface area contributed by atoms with Crippen molar-refractivity contribution in [3.8, 4) is 28.4 Å². The maximum atomic E-state index is 13.6. The average molecular weight is 481 g/mol. The van der Waals surface area contributed by atoms with Gasteiger partial charge in [-0.15, -0.1) is 0 Å². The first-order valence-electron chi connectivity index (χ1n) is 12.0. The fraction of sp³-hybridized carbons (Fsp3) is 0.462. The number of nitrogens with zero attached hydrogens (tertiary/aromatic N) is 4. The average Bonchev–Trinajstić information content (AvgIpc) is 3.33. The van der Waals surface area contributed by atoms with E-state index in [1.54, 1.807) is 13.2 Å². The van der Waals surface area contributed by atoms with Gasteiger partial charge in [0.15, 0.2) is 5.78 Å². The van der Waals surface area contributed by atoms with Crippen molar-refractivity contribution < 1.29 is 18.8 Å². The maximum Gasteiger partial charge on any atom is 0.262 e. The van der Waals surface area contributed by atoms with Crippen molar-refractivity contribution in [3.63, 3.8) is 0 Å². The Hall–Kier alpha value is -3.30. The number of benzene rings is 1. The van der Waals surface area contributed by atoms with Gasteiger partial charge in [-0.2, -0.15) is 4.98 Å². The van der Waals surface area contributed by atoms with E-state index >= 15 is 0 Å². The van der Waals surface area contributed by atoms with Gasteiger partial charge >= 0.3 is 0 Å². The number of hydrogen-bond acceptors (Lipinski definition) is 8. The zero-order valence-electron chi connectivity index (χ0n) is 20.5. The van der Waals surface area contributed by atoms with E-state index in [9.17, 15) is 9.59 Å². The third kappa shape index (κ3) is 6.23. The molecule has 1 fully saturated rings. The number of ether oxygens (including phenoxy) is 2. The highest BCUT2D eigenvalue weighted by Gasteiger charge is 2.20. The molecule has 0 saturated carbocycles. The number of hydrogen-bond donors (Lipinski definition) is 0. The lowest BCUT2D eigenvalue weighted by molar-refractivity contribution is -0.120. The minimum absolute atomic E-state index is 0.0114. The lowest BCUT2D eigenvalue weighted by Crippen LogP contribution is -2.37. The van der Waals surface area contributed by atoms with Crippen LogP contribution in [0.1, 0.15) is 26.2 Å². The fourth-order valence-corrected chi connectivity index (χ4v) is 4.18. The Kier molecular flexibility index (Phi) is 8.09. The molecule has 0 aliphatic carbocycles. The minimum atomic E-state index is -0.331. The van der Waals surface area contributed by atoms with Crippen LogP contribution in [-0.2, 0) is 22.5 Å². The van der Waals surface area contributed by atoms with Gasteiger partial charge in [0.05, 0.1) is 38.1 Å². The lowest BCUT2D eigenvalue weighted by atomic mass is 10.1. The van der Waals surface area contributed by atoms with Gasteiger partial charge in [-0.1, -0.05) is 31.1 Å². The third-order valence-electron chi connectivity index (χ3n) is 5.96. The number of carbonyl (C=O) groups excluding carboxylic acids is 1. The van der Waals surface area contributed by atoms with Crippen LogP contribution in [0.3, 0.4) is 0 Å². The SMILES string of the molecule is COc1cccc(-c2ccc(-c3noc(CCN4CCOCC4)n3)c(=O)n2CC(=O)CC(C)C)c1. The predicted octanol–water partition coefficient (Wildman–Crippen LogP) is 3.06. The second-order valence-electron chi connectivity index (χ2n) is 9.11. The molecule has 3 heterocycles. The highest BCUT2D eigenvalue weighted by molar-refractivity contribution is 5.79. The lowest BCUT2D eigenvalue weighted by Gasteiger charge is -2.25. The molecule has 2 aromatic heterocycles. The van der Waals surface area contributed by atoms with Gasteiger partial charge in [0.2, 0.25) is 11.7 Å². The monoisotopic (exact) mass is 480 g/mol. The number of methoxy groups -OCH3 is 1. The second kappa shape index (κ2) is 11.4. The summed E-state index contributed by atoms with van der Waals surface area (Å²) in [5, 5.41) is 4.06. The summed E-state index contributed by atoms with van der Waals surface area (Å²) < 4.78 is 17.7. The molecule has 0 unspecified atom stereocenters. The molecule has 35 heavy (non-hydrogen) atoms. The van der Waals surface area contributed by atoms with Crippen LogP contribution in [0.4, 0.5) is 0 Å². The van der Waals surface area contributed by atoms with Crippen molar-refractivity contribution in [2.24, 2.45) is 5.92 Å². The van der Waals surface area contributed by atoms with Crippen LogP contribution in [-0.4, -0.2) is 65.3 Å². The summed E-state index contributed by atoms with van der Waals surface area (Å²) in [7, 11) is 1.59. The van der Waals surface area contributed by atoms with E-state index in [1.807, 2.05) is 44.2 Å². The molecule has 0 bridgehead atoms. The molecule has 0 atom stereocenters. The van der Waals surface area contributed by atoms with Crippen molar-refractivity contribution in [1.29, 1.82) is 0 Å². The molecule has 1 aliphatic heterocycles. The molecule has 0 amide bonds. The smallest absolute Gasteiger partial charge is 0.262 e. The highest BCUT2D eigenvalue weighted by atomic mass is 16.5. The number of pyridine rings is 1. The number of rotatable bonds is 10. The normalized spacial score (nSPS) is 14.4. The van der Waals surface area contributed by atoms with Gasteiger partial charge in [0, 0.05) is 38.0 Å². The molecular formula is C26H32N4O5. The number of carbonyl (C=O) groups is 1. The number of morpholine rings is 1. The first kappa shape index (κ1) is 24.8. The molecule has 1 aliphatic rings. The van der Waals surface area contributed by atoms with E-state index in [0.29, 0.717) is 35.7 Å². The Balaban J connectivity index is 1.64. The molecular weight excluding hydrogens is 448 g/mol. The summed E-state index contributed by atoms with van der Waals surface area (Å²) in [6, 6.07) is 10.9. The van der Waals surface area contributed by atoms with E-state index in [4.69, 9.17) is 14.0 Å². The van der Waals surface area contributed by atoms with Gasteiger partial charge in [-0.25, -0.2) is 0 Å². The van der Waals surface area contributed by atoms with Gasteiger partial charge in [-0.3, -0.25) is 14.5 Å². The number of ketones is 1. The summed E-state index contributed by atoms with van der Waals surface area (Å²) in [4.78, 5) is 33.1. The van der Waals surface area contributed by atoms with Gasteiger partial charge in [0.25, 0.3) is 5.56 Å². The number of Topliss-reactive ketones (excluding diaryl/α,β-unsaturated/α-hetero) is 1. The van der Waals surface area contributed by atoms with E-state index in [2.05, 4.69) is 15.0 Å². The quantitative estimate of drug-likeness (QED) is 0.437. The zero-order chi connectivity index (χ0) is 24.8. The van der Waals surface area contributed by atoms with E-state index in [0.717, 1.165) is 38.4 Å². The third-order valence-corrected chi connectivity index (χ3v) is 5.96. The summed E-state index contributed by atoms with van der Waals surface area (Å²) in [5.74, 6) is 1.57. The van der Waals surface area contributed by atoms with E-state index in [1.165, 1.54) is 4.57 Å². The molecule has 1 saturated heterocycles. The summed E-state index contributed by atoms with van der Waals surface area (Å²) in [5.41, 5.74) is 1.38. The molecule has 4 rings (SSSR count). The summed E-state index contributed by atoms with van der Waals surface area (Å²) in [6.45, 7) is 7.93. The molecule has 3 aromatic rings. The molecule has 186 valence electrons. The Labute approximate surface area is 204 Å². The maximum absolute atomic E-state index is 13.6.